The summed E-state index contributed by atoms with van der Waals surface area (Å²) >= 11 is 0. The first kappa shape index (κ1) is 12.5. The number of nitrogens with two attached hydrogens (primary N) is 1. The van der Waals surface area contributed by atoms with Crippen LogP contribution in [-0.2, 0) is 31.2 Å². The number of ketones is 1. The number of Topliss-reactive ketones (excluding diaryl/α,β-unsaturated/α-hetero) is 1. The Bertz CT molecular complexity index is 545. The van der Waals surface area contributed by atoms with Gasteiger partial charge in [-0.25, -0.2) is 0 Å². The van der Waals surface area contributed by atoms with Gasteiger partial charge in [0.25, 0.3) is 0 Å². The average Bonchev–Trinajstić information content (AvgIpc) is 2.75. The normalized spacial score (nSPS) is 10.6. The maximum absolute atomic E-state index is 12.0. The zero-order valence-corrected chi connectivity index (χ0v) is 10.5. The largest absolute Gasteiger partial charge is 0.326 e. The van der Waals surface area contributed by atoms with Gasteiger partial charge in [-0.2, -0.15) is 5.10 Å². The molecule has 94 valence electrons. The van der Waals surface area contributed by atoms with Crippen molar-refractivity contribution in [2.24, 2.45) is 12.8 Å². The molecule has 4 heteroatoms. The highest BCUT2D eigenvalue weighted by Gasteiger charge is 2.09. The molecule has 1 heterocycles. The van der Waals surface area contributed by atoms with E-state index in [0.717, 1.165) is 16.8 Å². The van der Waals surface area contributed by atoms with Crippen molar-refractivity contribution in [2.75, 3.05) is 0 Å². The summed E-state index contributed by atoms with van der Waals surface area (Å²) in [6, 6.07) is 9.66. The Kier molecular flexibility index (Phi) is 3.89. The number of aromatic nitrogens is 2. The summed E-state index contributed by atoms with van der Waals surface area (Å²) in [4.78, 5) is 12.0. The van der Waals surface area contributed by atoms with Crippen molar-refractivity contribution in [2.45, 2.75) is 19.4 Å². The van der Waals surface area contributed by atoms with Crippen molar-refractivity contribution >= 4 is 5.78 Å². The van der Waals surface area contributed by atoms with Gasteiger partial charge in [-0.05, 0) is 17.2 Å². The third-order valence-corrected chi connectivity index (χ3v) is 2.87. The lowest BCUT2D eigenvalue weighted by molar-refractivity contribution is -0.117. The Morgan fingerprint density at radius 3 is 2.56 bits per heavy atom. The highest BCUT2D eigenvalue weighted by Crippen LogP contribution is 2.10. The number of carbonyl (C=O) groups is 1. The van der Waals surface area contributed by atoms with Gasteiger partial charge in [0.1, 0.15) is 5.78 Å². The Morgan fingerprint density at radius 2 is 1.94 bits per heavy atom. The molecule has 0 aliphatic rings. The van der Waals surface area contributed by atoms with Gasteiger partial charge in [-0.15, -0.1) is 0 Å². The van der Waals surface area contributed by atoms with E-state index < -0.39 is 0 Å². The van der Waals surface area contributed by atoms with Gasteiger partial charge in [0.05, 0.1) is 12.1 Å². The molecule has 0 radical (unpaired) electrons. The third kappa shape index (κ3) is 3.05. The lowest BCUT2D eigenvalue weighted by Gasteiger charge is -2.06. The predicted molar refractivity (Wildman–Crippen MR) is 70.0 cm³/mol. The molecule has 0 atom stereocenters. The van der Waals surface area contributed by atoms with Crippen LogP contribution in [-0.4, -0.2) is 15.6 Å². The van der Waals surface area contributed by atoms with Crippen LogP contribution in [0.3, 0.4) is 0 Å². The maximum atomic E-state index is 12.0. The average molecular weight is 243 g/mol. The first-order valence-corrected chi connectivity index (χ1v) is 5.96. The topological polar surface area (TPSA) is 60.9 Å². The molecular formula is C14H17N3O. The smallest absolute Gasteiger partial charge is 0.143 e. The summed E-state index contributed by atoms with van der Waals surface area (Å²) in [6.07, 6.45) is 2.64. The number of rotatable bonds is 5. The molecule has 2 rings (SSSR count). The van der Waals surface area contributed by atoms with E-state index in [9.17, 15) is 4.79 Å². The summed E-state index contributed by atoms with van der Waals surface area (Å²) in [5.74, 6) is 0.162. The second-order valence-electron chi connectivity index (χ2n) is 4.35. The van der Waals surface area contributed by atoms with Gasteiger partial charge < -0.3 is 5.73 Å². The highest BCUT2D eigenvalue weighted by atomic mass is 16.1. The molecule has 1 aromatic heterocycles. The summed E-state index contributed by atoms with van der Waals surface area (Å²) in [5, 5.41) is 4.21. The SMILES string of the molecule is Cn1ccc(CC(=O)Cc2ccccc2CN)n1. The molecule has 0 aliphatic carbocycles. The van der Waals surface area contributed by atoms with Crippen molar-refractivity contribution in [1.82, 2.24) is 9.78 Å². The van der Waals surface area contributed by atoms with Crippen molar-refractivity contribution in [1.29, 1.82) is 0 Å². The Balaban J connectivity index is 2.03. The van der Waals surface area contributed by atoms with Crippen LogP contribution < -0.4 is 5.73 Å². The number of hydrogen-bond donors (Lipinski definition) is 1. The van der Waals surface area contributed by atoms with Gasteiger partial charge in [-0.1, -0.05) is 24.3 Å². The van der Waals surface area contributed by atoms with E-state index >= 15 is 0 Å². The fourth-order valence-electron chi connectivity index (χ4n) is 1.96. The number of carbonyl (C=O) groups excluding carboxylic acids is 1. The summed E-state index contributed by atoms with van der Waals surface area (Å²) in [7, 11) is 1.84. The van der Waals surface area contributed by atoms with Crippen molar-refractivity contribution < 1.29 is 4.79 Å². The van der Waals surface area contributed by atoms with E-state index in [2.05, 4.69) is 5.10 Å². The fourth-order valence-corrected chi connectivity index (χ4v) is 1.96. The lowest BCUT2D eigenvalue weighted by atomic mass is 10.0. The van der Waals surface area contributed by atoms with E-state index in [-0.39, 0.29) is 5.78 Å². The van der Waals surface area contributed by atoms with Crippen molar-refractivity contribution in [3.05, 3.63) is 53.3 Å². The first-order valence-electron chi connectivity index (χ1n) is 5.96. The standard InChI is InChI=1S/C14H17N3O/c1-17-7-6-13(16-17)9-14(18)8-11-4-2-3-5-12(11)10-15/h2-7H,8-10,15H2,1H3. The maximum Gasteiger partial charge on any atom is 0.143 e. The van der Waals surface area contributed by atoms with E-state index in [1.54, 1.807) is 4.68 Å². The Morgan fingerprint density at radius 1 is 1.22 bits per heavy atom. The van der Waals surface area contributed by atoms with Crippen LogP contribution in [0.2, 0.25) is 0 Å². The number of benzene rings is 1. The first-order chi connectivity index (χ1) is 8.69. The van der Waals surface area contributed by atoms with Crippen LogP contribution in [0.1, 0.15) is 16.8 Å². The van der Waals surface area contributed by atoms with Gasteiger partial charge >= 0.3 is 0 Å². The second kappa shape index (κ2) is 5.60. The van der Waals surface area contributed by atoms with Gasteiger partial charge in [0, 0.05) is 26.2 Å². The molecule has 1 aromatic carbocycles. The van der Waals surface area contributed by atoms with Crippen molar-refractivity contribution in [3.8, 4) is 0 Å². The van der Waals surface area contributed by atoms with E-state index in [1.807, 2.05) is 43.6 Å². The molecule has 0 saturated heterocycles. The lowest BCUT2D eigenvalue weighted by Crippen LogP contribution is -2.10. The number of aryl methyl sites for hydroxylation is 1. The van der Waals surface area contributed by atoms with Crippen LogP contribution in [0.15, 0.2) is 36.5 Å². The molecule has 0 fully saturated rings. The summed E-state index contributed by atoms with van der Waals surface area (Å²) in [6.45, 7) is 0.465. The van der Waals surface area contributed by atoms with E-state index in [1.165, 1.54) is 0 Å². The minimum absolute atomic E-state index is 0.162. The van der Waals surface area contributed by atoms with Gasteiger partial charge in [0.15, 0.2) is 0 Å². The monoisotopic (exact) mass is 243 g/mol. The molecule has 2 aromatic rings. The molecular weight excluding hydrogens is 226 g/mol. The molecule has 4 nitrogen and oxygen atoms in total. The van der Waals surface area contributed by atoms with Crippen LogP contribution in [0.25, 0.3) is 0 Å². The molecule has 0 spiro atoms. The Hall–Kier alpha value is -1.94. The fraction of sp³-hybridized carbons (Fsp3) is 0.286. The van der Waals surface area contributed by atoms with Gasteiger partial charge in [0.2, 0.25) is 0 Å². The number of hydrogen-bond acceptors (Lipinski definition) is 3. The van der Waals surface area contributed by atoms with E-state index in [4.69, 9.17) is 5.73 Å². The van der Waals surface area contributed by atoms with Crippen LogP contribution >= 0.6 is 0 Å². The summed E-state index contributed by atoms with van der Waals surface area (Å²) in [5.41, 5.74) is 8.52. The number of nitrogens with zero attached hydrogens (tertiary/aromatic N) is 2. The second-order valence-corrected chi connectivity index (χ2v) is 4.35. The molecule has 0 unspecified atom stereocenters. The van der Waals surface area contributed by atoms with E-state index in [0.29, 0.717) is 19.4 Å². The third-order valence-electron chi connectivity index (χ3n) is 2.87. The van der Waals surface area contributed by atoms with Crippen LogP contribution in [0.5, 0.6) is 0 Å². The van der Waals surface area contributed by atoms with Crippen LogP contribution in [0.4, 0.5) is 0 Å². The van der Waals surface area contributed by atoms with Gasteiger partial charge in [-0.3, -0.25) is 9.48 Å². The molecule has 0 aliphatic heterocycles. The highest BCUT2D eigenvalue weighted by molar-refractivity contribution is 5.83. The molecule has 0 bridgehead atoms. The Labute approximate surface area is 106 Å². The van der Waals surface area contributed by atoms with Crippen LogP contribution in [0, 0.1) is 0 Å². The molecule has 0 saturated carbocycles. The molecule has 0 amide bonds. The minimum Gasteiger partial charge on any atom is -0.326 e. The van der Waals surface area contributed by atoms with Crippen molar-refractivity contribution in [3.63, 3.8) is 0 Å². The molecule has 2 N–H and O–H groups in total. The molecule has 18 heavy (non-hydrogen) atoms. The zero-order chi connectivity index (χ0) is 13.0. The zero-order valence-electron chi connectivity index (χ0n) is 10.5. The predicted octanol–water partition coefficient (Wildman–Crippen LogP) is 1.23. The quantitative estimate of drug-likeness (QED) is 0.859. The minimum atomic E-state index is 0.162. The summed E-state index contributed by atoms with van der Waals surface area (Å²) < 4.78 is 1.70.